The lowest BCUT2D eigenvalue weighted by atomic mass is 10.1. The van der Waals surface area contributed by atoms with Gasteiger partial charge in [0.05, 0.1) is 18.2 Å². The van der Waals surface area contributed by atoms with Crippen molar-refractivity contribution >= 4 is 33.8 Å². The van der Waals surface area contributed by atoms with Gasteiger partial charge in [0.15, 0.2) is 0 Å². The minimum absolute atomic E-state index is 0.0214. The summed E-state index contributed by atoms with van der Waals surface area (Å²) < 4.78 is 11.1. The van der Waals surface area contributed by atoms with E-state index >= 15 is 0 Å². The third-order valence-electron chi connectivity index (χ3n) is 5.15. The maximum Gasteiger partial charge on any atom is 0.409 e. The van der Waals surface area contributed by atoms with Crippen molar-refractivity contribution in [2.24, 2.45) is 0 Å². The van der Waals surface area contributed by atoms with Crippen LogP contribution in [0.25, 0.3) is 0 Å². The Morgan fingerprint density at radius 1 is 1.16 bits per heavy atom. The largest absolute Gasteiger partial charge is 0.496 e. The number of piperidine rings is 1. The highest BCUT2D eigenvalue weighted by atomic mass is 79.9. The van der Waals surface area contributed by atoms with E-state index in [1.807, 2.05) is 18.2 Å². The van der Waals surface area contributed by atoms with Crippen LogP contribution in [0.4, 0.5) is 4.79 Å². The van der Waals surface area contributed by atoms with Crippen LogP contribution in [0.1, 0.15) is 44.6 Å². The molecule has 0 saturated carbocycles. The van der Waals surface area contributed by atoms with Gasteiger partial charge in [-0.05, 0) is 66.2 Å². The van der Waals surface area contributed by atoms with E-state index in [4.69, 9.17) is 9.47 Å². The summed E-state index contributed by atoms with van der Waals surface area (Å²) in [5.74, 6) is 0.710. The van der Waals surface area contributed by atoms with E-state index in [0.717, 1.165) is 28.6 Å². The second-order valence-electron chi connectivity index (χ2n) is 7.45. The van der Waals surface area contributed by atoms with Crippen molar-refractivity contribution in [3.05, 3.63) is 28.2 Å². The second kappa shape index (κ2) is 13.2. The summed E-state index contributed by atoms with van der Waals surface area (Å²) in [5, 5.41) is 5.88. The van der Waals surface area contributed by atoms with Crippen molar-refractivity contribution in [2.45, 2.75) is 51.5 Å². The molecule has 8 nitrogen and oxygen atoms in total. The quantitative estimate of drug-likeness (QED) is 0.484. The molecule has 1 saturated heterocycles. The van der Waals surface area contributed by atoms with Gasteiger partial charge in [-0.3, -0.25) is 9.59 Å². The average Bonchev–Trinajstić information content (AvgIpc) is 2.76. The number of hydrogen-bond donors (Lipinski definition) is 2. The number of halogens is 1. The molecule has 0 spiro atoms. The van der Waals surface area contributed by atoms with Crippen LogP contribution in [0.3, 0.4) is 0 Å². The van der Waals surface area contributed by atoms with Crippen LogP contribution in [0.15, 0.2) is 22.7 Å². The highest BCUT2D eigenvalue weighted by molar-refractivity contribution is 9.10. The normalized spacial score (nSPS) is 14.1. The van der Waals surface area contributed by atoms with E-state index in [9.17, 15) is 14.4 Å². The van der Waals surface area contributed by atoms with Gasteiger partial charge in [-0.25, -0.2) is 4.79 Å². The summed E-state index contributed by atoms with van der Waals surface area (Å²) >= 11 is 3.44. The SMILES string of the molecule is CCOC(=O)N1CCC(NC(=O)CCCNC(=O)CCc2ccc(OC)c(Br)c2)CC1. The molecule has 1 aliphatic heterocycles. The highest BCUT2D eigenvalue weighted by Crippen LogP contribution is 2.25. The number of rotatable bonds is 10. The Morgan fingerprint density at radius 3 is 2.55 bits per heavy atom. The van der Waals surface area contributed by atoms with Crippen molar-refractivity contribution in [3.63, 3.8) is 0 Å². The molecule has 1 fully saturated rings. The van der Waals surface area contributed by atoms with Gasteiger partial charge in [-0.2, -0.15) is 0 Å². The number of nitrogens with zero attached hydrogens (tertiary/aromatic N) is 1. The molecule has 1 aromatic rings. The fraction of sp³-hybridized carbons (Fsp3) is 0.591. The number of carbonyl (C=O) groups is 3. The van der Waals surface area contributed by atoms with E-state index in [1.54, 1.807) is 18.9 Å². The van der Waals surface area contributed by atoms with Crippen molar-refractivity contribution in [2.75, 3.05) is 33.4 Å². The average molecular weight is 498 g/mol. The summed E-state index contributed by atoms with van der Waals surface area (Å²) in [4.78, 5) is 37.5. The number of ether oxygens (including phenoxy) is 2. The molecule has 0 atom stereocenters. The molecule has 3 amide bonds. The third kappa shape index (κ3) is 8.77. The van der Waals surface area contributed by atoms with Gasteiger partial charge in [-0.1, -0.05) is 6.07 Å². The number of hydrogen-bond acceptors (Lipinski definition) is 5. The van der Waals surface area contributed by atoms with Crippen molar-refractivity contribution in [1.82, 2.24) is 15.5 Å². The lowest BCUT2D eigenvalue weighted by Gasteiger charge is -2.31. The van der Waals surface area contributed by atoms with E-state index in [-0.39, 0.29) is 23.9 Å². The van der Waals surface area contributed by atoms with Crippen LogP contribution in [-0.2, 0) is 20.7 Å². The first-order valence-corrected chi connectivity index (χ1v) is 11.5. The molecule has 0 bridgehead atoms. The Labute approximate surface area is 192 Å². The predicted octanol–water partition coefficient (Wildman–Crippen LogP) is 3.02. The van der Waals surface area contributed by atoms with Gasteiger partial charge in [-0.15, -0.1) is 0 Å². The van der Waals surface area contributed by atoms with Gasteiger partial charge < -0.3 is 25.0 Å². The fourth-order valence-corrected chi connectivity index (χ4v) is 4.00. The molecule has 1 aliphatic rings. The van der Waals surface area contributed by atoms with Gasteiger partial charge >= 0.3 is 6.09 Å². The summed E-state index contributed by atoms with van der Waals surface area (Å²) in [6.07, 6.45) is 3.15. The second-order valence-corrected chi connectivity index (χ2v) is 8.30. The van der Waals surface area contributed by atoms with E-state index in [0.29, 0.717) is 51.9 Å². The first-order chi connectivity index (χ1) is 14.9. The molecule has 1 aromatic carbocycles. The molecule has 0 aromatic heterocycles. The van der Waals surface area contributed by atoms with Crippen LogP contribution in [0, 0.1) is 0 Å². The topological polar surface area (TPSA) is 97.0 Å². The molecule has 172 valence electrons. The van der Waals surface area contributed by atoms with Gasteiger partial charge in [0.1, 0.15) is 5.75 Å². The zero-order valence-corrected chi connectivity index (χ0v) is 19.8. The van der Waals surface area contributed by atoms with E-state index in [1.165, 1.54) is 0 Å². The zero-order valence-electron chi connectivity index (χ0n) is 18.2. The molecule has 2 rings (SSSR count). The number of carbonyl (C=O) groups excluding carboxylic acids is 3. The maximum absolute atomic E-state index is 12.1. The van der Waals surface area contributed by atoms with E-state index < -0.39 is 0 Å². The number of aryl methyl sites for hydroxylation is 1. The van der Waals surface area contributed by atoms with Gasteiger partial charge in [0.2, 0.25) is 11.8 Å². The molecule has 0 aliphatic carbocycles. The van der Waals surface area contributed by atoms with Crippen LogP contribution in [0.2, 0.25) is 0 Å². The third-order valence-corrected chi connectivity index (χ3v) is 5.77. The molecule has 1 heterocycles. The van der Waals surface area contributed by atoms with Crippen LogP contribution < -0.4 is 15.4 Å². The number of benzene rings is 1. The Bertz CT molecular complexity index is 751. The minimum Gasteiger partial charge on any atom is -0.496 e. The van der Waals surface area contributed by atoms with Crippen molar-refractivity contribution in [3.8, 4) is 5.75 Å². The fourth-order valence-electron chi connectivity index (χ4n) is 3.41. The Balaban J connectivity index is 1.56. The number of likely N-dealkylation sites (tertiary alicyclic amines) is 1. The summed E-state index contributed by atoms with van der Waals surface area (Å²) in [6, 6.07) is 5.85. The Kier molecular flexibility index (Phi) is 10.6. The predicted molar refractivity (Wildman–Crippen MR) is 121 cm³/mol. The van der Waals surface area contributed by atoms with Crippen molar-refractivity contribution in [1.29, 1.82) is 0 Å². The summed E-state index contributed by atoms with van der Waals surface area (Å²) in [5.41, 5.74) is 1.05. The Hall–Kier alpha value is -2.29. The van der Waals surface area contributed by atoms with Crippen LogP contribution >= 0.6 is 15.9 Å². The van der Waals surface area contributed by atoms with Crippen LogP contribution in [-0.4, -0.2) is 62.2 Å². The number of nitrogens with one attached hydrogen (secondary N) is 2. The maximum atomic E-state index is 12.1. The minimum atomic E-state index is -0.289. The molecule has 0 unspecified atom stereocenters. The van der Waals surface area contributed by atoms with E-state index in [2.05, 4.69) is 26.6 Å². The number of methoxy groups -OCH3 is 1. The molecular weight excluding hydrogens is 466 g/mol. The molecular formula is C22H32BrN3O5. The first-order valence-electron chi connectivity index (χ1n) is 10.7. The highest BCUT2D eigenvalue weighted by Gasteiger charge is 2.24. The smallest absolute Gasteiger partial charge is 0.409 e. The van der Waals surface area contributed by atoms with Gasteiger partial charge in [0, 0.05) is 38.5 Å². The molecule has 9 heteroatoms. The van der Waals surface area contributed by atoms with Crippen LogP contribution in [0.5, 0.6) is 5.75 Å². The lowest BCUT2D eigenvalue weighted by Crippen LogP contribution is -2.46. The zero-order chi connectivity index (χ0) is 22.6. The lowest BCUT2D eigenvalue weighted by molar-refractivity contribution is -0.123. The molecule has 2 N–H and O–H groups in total. The monoisotopic (exact) mass is 497 g/mol. The summed E-state index contributed by atoms with van der Waals surface area (Å²) in [7, 11) is 1.61. The van der Waals surface area contributed by atoms with Crippen molar-refractivity contribution < 1.29 is 23.9 Å². The molecule has 31 heavy (non-hydrogen) atoms. The number of amides is 3. The van der Waals surface area contributed by atoms with Gasteiger partial charge in [0.25, 0.3) is 0 Å². The standard InChI is InChI=1S/C22H32BrN3O5/c1-3-31-22(29)26-13-10-17(11-14-26)25-21(28)5-4-12-24-20(27)9-7-16-6-8-19(30-2)18(23)15-16/h6,8,15,17H,3-5,7,9-14H2,1-2H3,(H,24,27)(H,25,28). The molecule has 0 radical (unpaired) electrons. The summed E-state index contributed by atoms with van der Waals surface area (Å²) in [6.45, 7) is 3.80. The first kappa shape index (κ1) is 25.0. The Morgan fingerprint density at radius 2 is 1.90 bits per heavy atom.